The summed E-state index contributed by atoms with van der Waals surface area (Å²) in [4.78, 5) is 18.4. The van der Waals surface area contributed by atoms with Crippen LogP contribution >= 0.6 is 38.6 Å². The molecule has 3 nitrogen and oxygen atoms in total. The molecule has 2 aromatic rings. The number of aryl methyl sites for hydroxylation is 1. The van der Waals surface area contributed by atoms with E-state index in [9.17, 15) is 9.90 Å². The van der Waals surface area contributed by atoms with E-state index in [2.05, 4.69) is 20.9 Å². The normalized spacial score (nSPS) is 15.0. The van der Waals surface area contributed by atoms with Crippen LogP contribution in [0.15, 0.2) is 10.5 Å². The van der Waals surface area contributed by atoms with Crippen LogP contribution in [0.4, 0.5) is 0 Å². The first-order valence-corrected chi connectivity index (χ1v) is 7.99. The summed E-state index contributed by atoms with van der Waals surface area (Å²) < 4.78 is 1.06. The molecule has 0 atom stereocenters. The third-order valence-electron chi connectivity index (χ3n) is 2.88. The highest BCUT2D eigenvalue weighted by atomic mass is 79.9. The zero-order chi connectivity index (χ0) is 12.9. The molecule has 94 valence electrons. The lowest BCUT2D eigenvalue weighted by Gasteiger charge is -1.91. The molecule has 1 saturated carbocycles. The molecule has 0 aromatic carbocycles. The average molecular weight is 344 g/mol. The van der Waals surface area contributed by atoms with Gasteiger partial charge in [0.25, 0.3) is 0 Å². The minimum atomic E-state index is -0.854. The van der Waals surface area contributed by atoms with Gasteiger partial charge in [-0.15, -0.1) is 22.7 Å². The number of aromatic nitrogens is 1. The Bertz CT molecular complexity index is 609. The summed E-state index contributed by atoms with van der Waals surface area (Å²) in [6.45, 7) is 2.03. The van der Waals surface area contributed by atoms with E-state index in [0.717, 1.165) is 32.9 Å². The summed E-state index contributed by atoms with van der Waals surface area (Å²) in [7, 11) is 0. The van der Waals surface area contributed by atoms with Gasteiger partial charge in [0.2, 0.25) is 0 Å². The van der Waals surface area contributed by atoms with Crippen molar-refractivity contribution < 1.29 is 9.90 Å². The zero-order valence-electron chi connectivity index (χ0n) is 9.57. The molecule has 1 aliphatic carbocycles. The van der Waals surface area contributed by atoms with Crippen LogP contribution < -0.4 is 0 Å². The molecule has 0 saturated heterocycles. The Morgan fingerprint density at radius 2 is 2.22 bits per heavy atom. The van der Waals surface area contributed by atoms with Gasteiger partial charge in [-0.05, 0) is 41.8 Å². The Balaban J connectivity index is 2.07. The van der Waals surface area contributed by atoms with Crippen LogP contribution in [0.5, 0.6) is 0 Å². The molecule has 0 bridgehead atoms. The number of halogens is 1. The Morgan fingerprint density at radius 1 is 1.50 bits per heavy atom. The lowest BCUT2D eigenvalue weighted by Crippen LogP contribution is -1.97. The maximum Gasteiger partial charge on any atom is 0.347 e. The van der Waals surface area contributed by atoms with Crippen LogP contribution in [-0.2, 0) is 0 Å². The van der Waals surface area contributed by atoms with E-state index in [4.69, 9.17) is 0 Å². The Morgan fingerprint density at radius 3 is 2.72 bits per heavy atom. The summed E-state index contributed by atoms with van der Waals surface area (Å²) in [5, 5.41) is 10.1. The summed E-state index contributed by atoms with van der Waals surface area (Å²) in [6.07, 6.45) is 2.13. The van der Waals surface area contributed by atoms with Crippen molar-refractivity contribution in [3.05, 3.63) is 26.0 Å². The van der Waals surface area contributed by atoms with Crippen molar-refractivity contribution >= 4 is 44.6 Å². The van der Waals surface area contributed by atoms with Crippen molar-refractivity contribution in [2.24, 2.45) is 0 Å². The fourth-order valence-electron chi connectivity index (χ4n) is 1.79. The van der Waals surface area contributed by atoms with E-state index in [1.165, 1.54) is 16.2 Å². The first-order valence-electron chi connectivity index (χ1n) is 5.56. The second-order valence-electron chi connectivity index (χ2n) is 4.33. The van der Waals surface area contributed by atoms with Crippen molar-refractivity contribution in [2.45, 2.75) is 25.7 Å². The molecule has 0 spiro atoms. The molecule has 1 aliphatic rings. The predicted octanol–water partition coefficient (Wildman–Crippen LogP) is 4.52. The molecule has 18 heavy (non-hydrogen) atoms. The minimum Gasteiger partial charge on any atom is -0.477 e. The second-order valence-corrected chi connectivity index (χ2v) is 7.44. The highest BCUT2D eigenvalue weighted by Gasteiger charge is 2.32. The molecular weight excluding hydrogens is 334 g/mol. The minimum absolute atomic E-state index is 0.366. The van der Waals surface area contributed by atoms with Crippen LogP contribution in [0.3, 0.4) is 0 Å². The Labute approximate surface area is 121 Å². The maximum atomic E-state index is 11.2. The molecule has 6 heteroatoms. The van der Waals surface area contributed by atoms with Crippen molar-refractivity contribution in [2.75, 3.05) is 0 Å². The number of carboxylic acid groups (broad SMARTS) is 1. The van der Waals surface area contributed by atoms with Crippen LogP contribution in [0.2, 0.25) is 0 Å². The second kappa shape index (κ2) is 4.43. The molecule has 1 fully saturated rings. The molecule has 0 unspecified atom stereocenters. The van der Waals surface area contributed by atoms with Crippen molar-refractivity contribution in [3.8, 4) is 9.88 Å². The number of hydrogen-bond donors (Lipinski definition) is 1. The van der Waals surface area contributed by atoms with Crippen molar-refractivity contribution in [1.29, 1.82) is 0 Å². The van der Waals surface area contributed by atoms with E-state index >= 15 is 0 Å². The number of thiophene rings is 1. The van der Waals surface area contributed by atoms with Crippen molar-refractivity contribution in [1.82, 2.24) is 4.98 Å². The molecule has 0 aliphatic heterocycles. The van der Waals surface area contributed by atoms with Gasteiger partial charge in [-0.2, -0.15) is 0 Å². The highest BCUT2D eigenvalue weighted by Crippen LogP contribution is 2.45. The van der Waals surface area contributed by atoms with Gasteiger partial charge in [0.05, 0.1) is 10.6 Å². The summed E-state index contributed by atoms with van der Waals surface area (Å²) in [5.74, 6) is -0.487. The first-order chi connectivity index (χ1) is 8.56. The summed E-state index contributed by atoms with van der Waals surface area (Å²) >= 11 is 6.41. The number of aromatic carboxylic acids is 1. The maximum absolute atomic E-state index is 11.2. The summed E-state index contributed by atoms with van der Waals surface area (Å²) in [6, 6.07) is 2.02. The Hall–Kier alpha value is -0.720. The molecule has 0 radical (unpaired) electrons. The number of carboxylic acids is 1. The quantitative estimate of drug-likeness (QED) is 0.891. The number of rotatable bonds is 3. The topological polar surface area (TPSA) is 50.2 Å². The van der Waals surface area contributed by atoms with Gasteiger partial charge in [0.15, 0.2) is 0 Å². The van der Waals surface area contributed by atoms with Crippen LogP contribution in [0.1, 0.15) is 39.0 Å². The van der Waals surface area contributed by atoms with Crippen LogP contribution in [0, 0.1) is 6.92 Å². The van der Waals surface area contributed by atoms with Gasteiger partial charge in [0, 0.05) is 15.3 Å². The third-order valence-corrected chi connectivity index (χ3v) is 6.24. The summed E-state index contributed by atoms with van der Waals surface area (Å²) in [5.41, 5.74) is 0.782. The first kappa shape index (κ1) is 12.3. The Kier molecular flexibility index (Phi) is 3.03. The van der Waals surface area contributed by atoms with Gasteiger partial charge in [-0.3, -0.25) is 0 Å². The fourth-order valence-corrected chi connectivity index (χ4v) is 4.36. The smallest absolute Gasteiger partial charge is 0.347 e. The third kappa shape index (κ3) is 2.13. The monoisotopic (exact) mass is 343 g/mol. The van der Waals surface area contributed by atoms with E-state index in [1.54, 1.807) is 11.3 Å². The molecule has 2 heterocycles. The lowest BCUT2D eigenvalue weighted by molar-refractivity contribution is 0.0700. The number of hydrogen-bond acceptors (Lipinski definition) is 4. The number of thiazole rings is 1. The zero-order valence-corrected chi connectivity index (χ0v) is 12.8. The lowest BCUT2D eigenvalue weighted by atomic mass is 10.2. The molecule has 1 N–H and O–H groups in total. The van der Waals surface area contributed by atoms with Crippen LogP contribution in [-0.4, -0.2) is 16.1 Å². The predicted molar refractivity (Wildman–Crippen MR) is 76.8 cm³/mol. The van der Waals surface area contributed by atoms with E-state index < -0.39 is 5.97 Å². The molecule has 0 amide bonds. The molecule has 3 rings (SSSR count). The number of nitrogens with zero attached hydrogens (tertiary/aromatic N) is 1. The number of carbonyl (C=O) groups is 1. The van der Waals surface area contributed by atoms with Gasteiger partial charge in [0.1, 0.15) is 9.88 Å². The SMILES string of the molecule is Cc1sc(-c2nc(C3CC3)c(C(=O)O)s2)cc1Br. The van der Waals surface area contributed by atoms with Crippen LogP contribution in [0.25, 0.3) is 9.88 Å². The van der Waals surface area contributed by atoms with E-state index in [0.29, 0.717) is 10.8 Å². The van der Waals surface area contributed by atoms with Crippen molar-refractivity contribution in [3.63, 3.8) is 0 Å². The van der Waals surface area contributed by atoms with E-state index in [1.807, 2.05) is 13.0 Å². The van der Waals surface area contributed by atoms with Gasteiger partial charge in [-0.1, -0.05) is 0 Å². The van der Waals surface area contributed by atoms with Gasteiger partial charge < -0.3 is 5.11 Å². The van der Waals surface area contributed by atoms with E-state index in [-0.39, 0.29) is 0 Å². The van der Waals surface area contributed by atoms with Gasteiger partial charge >= 0.3 is 5.97 Å². The highest BCUT2D eigenvalue weighted by molar-refractivity contribution is 9.10. The van der Waals surface area contributed by atoms with Gasteiger partial charge in [-0.25, -0.2) is 9.78 Å². The molecular formula is C12H10BrNO2S2. The average Bonchev–Trinajstić information content (AvgIpc) is 2.97. The fraction of sp³-hybridized carbons (Fsp3) is 0.333. The standard InChI is InChI=1S/C12H10BrNO2S2/c1-5-7(13)4-8(17-5)11-14-9(6-2-3-6)10(18-11)12(15)16/h4,6H,2-3H2,1H3,(H,15,16). The largest absolute Gasteiger partial charge is 0.477 e. The molecule has 2 aromatic heterocycles.